The predicted molar refractivity (Wildman–Crippen MR) is 95.0 cm³/mol. The van der Waals surface area contributed by atoms with Crippen molar-refractivity contribution in [3.05, 3.63) is 35.9 Å². The van der Waals surface area contributed by atoms with Crippen molar-refractivity contribution in [1.82, 2.24) is 10.2 Å². The van der Waals surface area contributed by atoms with Gasteiger partial charge in [-0.3, -0.25) is 9.69 Å². The number of aliphatic hydroxyl groups excluding tert-OH is 1. The number of carbonyl (C=O) groups excluding carboxylic acids is 2. The summed E-state index contributed by atoms with van der Waals surface area (Å²) in [5.74, 6) is -0.277. The fraction of sp³-hybridized carbons (Fsp3) is 0.579. The SMILES string of the molecule is C[C@H](NC(=O)[C@H]1C[C@@H](O)CCN1C(=O)OC(C)(C)C)c1ccccc1. The van der Waals surface area contributed by atoms with Crippen molar-refractivity contribution in [2.24, 2.45) is 0 Å². The fourth-order valence-corrected chi connectivity index (χ4v) is 2.87. The number of aliphatic hydroxyl groups is 1. The largest absolute Gasteiger partial charge is 0.444 e. The Kier molecular flexibility index (Phi) is 6.06. The van der Waals surface area contributed by atoms with E-state index in [-0.39, 0.29) is 18.4 Å². The number of hydrogen-bond donors (Lipinski definition) is 2. The van der Waals surface area contributed by atoms with E-state index in [4.69, 9.17) is 4.74 Å². The summed E-state index contributed by atoms with van der Waals surface area (Å²) in [5.41, 5.74) is 0.349. The van der Waals surface area contributed by atoms with Gasteiger partial charge in [0.1, 0.15) is 11.6 Å². The summed E-state index contributed by atoms with van der Waals surface area (Å²) < 4.78 is 5.41. The second-order valence-electron chi connectivity index (χ2n) is 7.51. The van der Waals surface area contributed by atoms with Gasteiger partial charge in [0.2, 0.25) is 5.91 Å². The second-order valence-corrected chi connectivity index (χ2v) is 7.51. The van der Waals surface area contributed by atoms with E-state index < -0.39 is 23.8 Å². The Labute approximate surface area is 149 Å². The molecule has 25 heavy (non-hydrogen) atoms. The van der Waals surface area contributed by atoms with Gasteiger partial charge >= 0.3 is 6.09 Å². The minimum Gasteiger partial charge on any atom is -0.444 e. The third kappa shape index (κ3) is 5.46. The maximum absolute atomic E-state index is 12.7. The van der Waals surface area contributed by atoms with Crippen LogP contribution in [0.2, 0.25) is 0 Å². The van der Waals surface area contributed by atoms with Gasteiger partial charge in [-0.05, 0) is 39.7 Å². The zero-order valence-corrected chi connectivity index (χ0v) is 15.4. The average molecular weight is 348 g/mol. The van der Waals surface area contributed by atoms with Crippen molar-refractivity contribution >= 4 is 12.0 Å². The molecule has 0 bridgehead atoms. The third-order valence-electron chi connectivity index (χ3n) is 4.16. The molecule has 1 aromatic rings. The monoisotopic (exact) mass is 348 g/mol. The van der Waals surface area contributed by atoms with Crippen LogP contribution in [0.1, 0.15) is 52.1 Å². The lowest BCUT2D eigenvalue weighted by Gasteiger charge is -2.38. The molecule has 1 saturated heterocycles. The maximum atomic E-state index is 12.7. The molecule has 2 N–H and O–H groups in total. The van der Waals surface area contributed by atoms with E-state index in [1.165, 1.54) is 4.90 Å². The summed E-state index contributed by atoms with van der Waals surface area (Å²) >= 11 is 0. The molecule has 0 aliphatic carbocycles. The quantitative estimate of drug-likeness (QED) is 0.880. The Hall–Kier alpha value is -2.08. The van der Waals surface area contributed by atoms with Crippen LogP contribution >= 0.6 is 0 Å². The number of likely N-dealkylation sites (tertiary alicyclic amines) is 1. The van der Waals surface area contributed by atoms with Gasteiger partial charge in [-0.2, -0.15) is 0 Å². The van der Waals surface area contributed by atoms with Crippen LogP contribution in [0.3, 0.4) is 0 Å². The van der Waals surface area contributed by atoms with Crippen molar-refractivity contribution in [3.8, 4) is 0 Å². The highest BCUT2D eigenvalue weighted by Gasteiger charge is 2.38. The van der Waals surface area contributed by atoms with E-state index in [9.17, 15) is 14.7 Å². The molecule has 1 aliphatic rings. The first-order valence-electron chi connectivity index (χ1n) is 8.70. The van der Waals surface area contributed by atoms with Crippen LogP contribution in [-0.2, 0) is 9.53 Å². The minimum absolute atomic E-state index is 0.187. The number of amides is 2. The van der Waals surface area contributed by atoms with E-state index in [2.05, 4.69) is 5.32 Å². The molecule has 6 nitrogen and oxygen atoms in total. The Morgan fingerprint density at radius 3 is 2.52 bits per heavy atom. The molecule has 0 aromatic heterocycles. The average Bonchev–Trinajstić information content (AvgIpc) is 2.53. The highest BCUT2D eigenvalue weighted by atomic mass is 16.6. The summed E-state index contributed by atoms with van der Waals surface area (Å²) in [6, 6.07) is 8.70. The van der Waals surface area contributed by atoms with Gasteiger partial charge in [-0.25, -0.2) is 4.79 Å². The summed E-state index contributed by atoms with van der Waals surface area (Å²) in [7, 11) is 0. The lowest BCUT2D eigenvalue weighted by atomic mass is 9.98. The molecule has 3 atom stereocenters. The second kappa shape index (κ2) is 7.87. The summed E-state index contributed by atoms with van der Waals surface area (Å²) in [5, 5.41) is 12.9. The smallest absolute Gasteiger partial charge is 0.410 e. The molecule has 1 fully saturated rings. The van der Waals surface area contributed by atoms with E-state index in [0.717, 1.165) is 5.56 Å². The lowest BCUT2D eigenvalue weighted by Crippen LogP contribution is -2.55. The molecule has 1 aromatic carbocycles. The Bertz CT molecular complexity index is 597. The maximum Gasteiger partial charge on any atom is 0.410 e. The summed E-state index contributed by atoms with van der Waals surface area (Å²) in [6.07, 6.45) is -0.461. The first-order valence-corrected chi connectivity index (χ1v) is 8.70. The first kappa shape index (κ1) is 19.2. The Balaban J connectivity index is 2.08. The van der Waals surface area contributed by atoms with Gasteiger partial charge in [0.25, 0.3) is 0 Å². The van der Waals surface area contributed by atoms with Gasteiger partial charge in [-0.15, -0.1) is 0 Å². The summed E-state index contributed by atoms with van der Waals surface area (Å²) in [6.45, 7) is 7.56. The number of carbonyl (C=O) groups is 2. The number of nitrogens with one attached hydrogen (secondary N) is 1. The Morgan fingerprint density at radius 2 is 1.92 bits per heavy atom. The highest BCUT2D eigenvalue weighted by Crippen LogP contribution is 2.22. The summed E-state index contributed by atoms with van der Waals surface area (Å²) in [4.78, 5) is 26.6. The molecule has 2 rings (SSSR count). The molecule has 2 amide bonds. The number of benzene rings is 1. The molecule has 6 heteroatoms. The normalized spacial score (nSPS) is 22.2. The van der Waals surface area contributed by atoms with Crippen molar-refractivity contribution in [2.75, 3.05) is 6.54 Å². The topological polar surface area (TPSA) is 78.9 Å². The van der Waals surface area contributed by atoms with Crippen molar-refractivity contribution in [2.45, 2.75) is 64.3 Å². The van der Waals surface area contributed by atoms with Crippen LogP contribution in [0.25, 0.3) is 0 Å². The molecule has 0 radical (unpaired) electrons. The van der Waals surface area contributed by atoms with Crippen LogP contribution in [-0.4, -0.2) is 46.3 Å². The highest BCUT2D eigenvalue weighted by molar-refractivity contribution is 5.86. The van der Waals surface area contributed by atoms with Crippen LogP contribution < -0.4 is 5.32 Å². The van der Waals surface area contributed by atoms with E-state index in [1.54, 1.807) is 20.8 Å². The number of ether oxygens (including phenoxy) is 1. The van der Waals surface area contributed by atoms with Gasteiger partial charge in [0.15, 0.2) is 0 Å². The van der Waals surface area contributed by atoms with E-state index in [1.807, 2.05) is 37.3 Å². The van der Waals surface area contributed by atoms with Crippen LogP contribution in [0.4, 0.5) is 4.79 Å². The predicted octanol–water partition coefficient (Wildman–Crippen LogP) is 2.62. The third-order valence-corrected chi connectivity index (χ3v) is 4.16. The molecule has 0 unspecified atom stereocenters. The van der Waals surface area contributed by atoms with E-state index >= 15 is 0 Å². The van der Waals surface area contributed by atoms with Crippen LogP contribution in [0.5, 0.6) is 0 Å². The number of hydrogen-bond acceptors (Lipinski definition) is 4. The zero-order valence-electron chi connectivity index (χ0n) is 15.4. The number of nitrogens with zero attached hydrogens (tertiary/aromatic N) is 1. The van der Waals surface area contributed by atoms with Gasteiger partial charge < -0.3 is 15.2 Å². The van der Waals surface area contributed by atoms with Crippen LogP contribution in [0, 0.1) is 0 Å². The van der Waals surface area contributed by atoms with Crippen molar-refractivity contribution in [1.29, 1.82) is 0 Å². The lowest BCUT2D eigenvalue weighted by molar-refractivity contribution is -0.130. The molecular weight excluding hydrogens is 320 g/mol. The minimum atomic E-state index is -0.732. The molecule has 0 saturated carbocycles. The van der Waals surface area contributed by atoms with Gasteiger partial charge in [0.05, 0.1) is 12.1 Å². The van der Waals surface area contributed by atoms with Crippen molar-refractivity contribution < 1.29 is 19.4 Å². The van der Waals surface area contributed by atoms with Crippen LogP contribution in [0.15, 0.2) is 30.3 Å². The van der Waals surface area contributed by atoms with E-state index in [0.29, 0.717) is 13.0 Å². The standard InChI is InChI=1S/C19H28N2O4/c1-13(14-8-6-5-7-9-14)20-17(23)16-12-15(22)10-11-21(16)18(24)25-19(2,3)4/h5-9,13,15-16,22H,10-12H2,1-4H3,(H,20,23)/t13-,15-,16+/m0/s1. The van der Waals surface area contributed by atoms with Crippen molar-refractivity contribution in [3.63, 3.8) is 0 Å². The van der Waals surface area contributed by atoms with Gasteiger partial charge in [0, 0.05) is 13.0 Å². The van der Waals surface area contributed by atoms with Gasteiger partial charge in [-0.1, -0.05) is 30.3 Å². The zero-order chi connectivity index (χ0) is 18.6. The molecule has 1 heterocycles. The Morgan fingerprint density at radius 1 is 1.28 bits per heavy atom. The molecule has 138 valence electrons. The fourth-order valence-electron chi connectivity index (χ4n) is 2.87. The first-order chi connectivity index (χ1) is 11.7. The number of piperidine rings is 1. The number of rotatable bonds is 3. The molecule has 1 aliphatic heterocycles. The molecular formula is C19H28N2O4. The molecule has 0 spiro atoms.